The highest BCUT2D eigenvalue weighted by molar-refractivity contribution is 6.30. The summed E-state index contributed by atoms with van der Waals surface area (Å²) in [4.78, 5) is 2.37. The van der Waals surface area contributed by atoms with Gasteiger partial charge in [-0.25, -0.2) is 4.39 Å². The van der Waals surface area contributed by atoms with Crippen molar-refractivity contribution in [3.8, 4) is 5.75 Å². The van der Waals surface area contributed by atoms with Crippen LogP contribution >= 0.6 is 11.6 Å². The molecule has 0 amide bonds. The molecule has 0 aliphatic carbocycles. The van der Waals surface area contributed by atoms with Gasteiger partial charge in [0.1, 0.15) is 6.10 Å². The van der Waals surface area contributed by atoms with Crippen molar-refractivity contribution in [3.05, 3.63) is 29.0 Å². The van der Waals surface area contributed by atoms with Crippen LogP contribution in [0.3, 0.4) is 0 Å². The summed E-state index contributed by atoms with van der Waals surface area (Å²) in [6.07, 6.45) is 2.03. The molecule has 0 radical (unpaired) electrons. The van der Waals surface area contributed by atoms with Gasteiger partial charge >= 0.3 is 0 Å². The van der Waals surface area contributed by atoms with E-state index in [0.717, 1.165) is 32.5 Å². The largest absolute Gasteiger partial charge is 0.487 e. The van der Waals surface area contributed by atoms with E-state index in [1.807, 2.05) is 0 Å². The van der Waals surface area contributed by atoms with Crippen molar-refractivity contribution in [1.82, 2.24) is 4.90 Å². The maximum Gasteiger partial charge on any atom is 0.166 e. The van der Waals surface area contributed by atoms with Crippen LogP contribution in [0.25, 0.3) is 0 Å². The second-order valence-electron chi connectivity index (χ2n) is 4.33. The third-order valence-electron chi connectivity index (χ3n) is 3.17. The molecule has 1 aliphatic rings. The number of hydrogen-bond acceptors (Lipinski definition) is 2. The molecule has 0 saturated carbocycles. The summed E-state index contributed by atoms with van der Waals surface area (Å²) in [6.45, 7) is 5.27. The van der Waals surface area contributed by atoms with Crippen LogP contribution in [0.5, 0.6) is 5.75 Å². The number of halogens is 2. The van der Waals surface area contributed by atoms with Crippen LogP contribution in [0, 0.1) is 5.82 Å². The molecule has 0 spiro atoms. The Morgan fingerprint density at radius 1 is 1.41 bits per heavy atom. The SMILES string of the molecule is CCN1CCC(Oc2ccc(Cl)cc2F)CC1. The van der Waals surface area contributed by atoms with Crippen molar-refractivity contribution in [2.45, 2.75) is 25.9 Å². The van der Waals surface area contributed by atoms with Gasteiger partial charge in [0.05, 0.1) is 0 Å². The molecular formula is C13H17ClFNO. The Labute approximate surface area is 106 Å². The van der Waals surface area contributed by atoms with Crippen LogP contribution in [-0.2, 0) is 0 Å². The molecule has 2 nitrogen and oxygen atoms in total. The van der Waals surface area contributed by atoms with E-state index in [1.165, 1.54) is 6.07 Å². The van der Waals surface area contributed by atoms with Gasteiger partial charge in [0.15, 0.2) is 11.6 Å². The second-order valence-corrected chi connectivity index (χ2v) is 4.76. The maximum absolute atomic E-state index is 13.5. The minimum Gasteiger partial charge on any atom is -0.487 e. The quantitative estimate of drug-likeness (QED) is 0.824. The number of nitrogens with zero attached hydrogens (tertiary/aromatic N) is 1. The van der Waals surface area contributed by atoms with Crippen LogP contribution in [0.2, 0.25) is 5.02 Å². The third kappa shape index (κ3) is 3.33. The van der Waals surface area contributed by atoms with Crippen LogP contribution in [-0.4, -0.2) is 30.6 Å². The summed E-state index contributed by atoms with van der Waals surface area (Å²) in [5.74, 6) is -0.0697. The molecule has 1 aromatic rings. The number of piperidine rings is 1. The molecule has 1 aromatic carbocycles. The summed E-state index contributed by atoms with van der Waals surface area (Å²) in [7, 11) is 0. The lowest BCUT2D eigenvalue weighted by Gasteiger charge is -2.31. The molecule has 0 atom stereocenters. The third-order valence-corrected chi connectivity index (χ3v) is 3.40. The molecule has 1 aliphatic heterocycles. The fraction of sp³-hybridized carbons (Fsp3) is 0.538. The van der Waals surface area contributed by atoms with E-state index in [1.54, 1.807) is 12.1 Å². The lowest BCUT2D eigenvalue weighted by Crippen LogP contribution is -2.38. The van der Waals surface area contributed by atoms with Crippen LogP contribution < -0.4 is 4.74 Å². The fourth-order valence-electron chi connectivity index (χ4n) is 2.09. The van der Waals surface area contributed by atoms with Gasteiger partial charge in [0.2, 0.25) is 0 Å². The van der Waals surface area contributed by atoms with Gasteiger partial charge < -0.3 is 9.64 Å². The number of hydrogen-bond donors (Lipinski definition) is 0. The Kier molecular flexibility index (Phi) is 4.24. The average molecular weight is 258 g/mol. The summed E-state index contributed by atoms with van der Waals surface area (Å²) < 4.78 is 19.2. The smallest absolute Gasteiger partial charge is 0.166 e. The minimum atomic E-state index is -0.379. The van der Waals surface area contributed by atoms with E-state index in [0.29, 0.717) is 10.8 Å². The topological polar surface area (TPSA) is 12.5 Å². The minimum absolute atomic E-state index is 0.119. The predicted octanol–water partition coefficient (Wildman–Crippen LogP) is 3.34. The highest BCUT2D eigenvalue weighted by Gasteiger charge is 2.20. The molecule has 0 aromatic heterocycles. The second kappa shape index (κ2) is 5.69. The van der Waals surface area contributed by atoms with Gasteiger partial charge in [-0.3, -0.25) is 0 Å². The molecule has 17 heavy (non-hydrogen) atoms. The van der Waals surface area contributed by atoms with Gasteiger partial charge in [0, 0.05) is 18.1 Å². The lowest BCUT2D eigenvalue weighted by atomic mass is 10.1. The van der Waals surface area contributed by atoms with Crippen molar-refractivity contribution in [2.24, 2.45) is 0 Å². The van der Waals surface area contributed by atoms with E-state index in [2.05, 4.69) is 11.8 Å². The highest BCUT2D eigenvalue weighted by Crippen LogP contribution is 2.24. The van der Waals surface area contributed by atoms with Gasteiger partial charge in [-0.15, -0.1) is 0 Å². The van der Waals surface area contributed by atoms with Crippen molar-refractivity contribution in [1.29, 1.82) is 0 Å². The van der Waals surface area contributed by atoms with E-state index in [-0.39, 0.29) is 11.9 Å². The first-order chi connectivity index (χ1) is 8.19. The highest BCUT2D eigenvalue weighted by atomic mass is 35.5. The van der Waals surface area contributed by atoms with Gasteiger partial charge in [-0.05, 0) is 37.6 Å². The molecule has 4 heteroatoms. The maximum atomic E-state index is 13.5. The van der Waals surface area contributed by atoms with E-state index >= 15 is 0 Å². The average Bonchev–Trinajstić information content (AvgIpc) is 2.34. The zero-order valence-electron chi connectivity index (χ0n) is 9.96. The Hall–Kier alpha value is -0.800. The number of ether oxygens (including phenoxy) is 1. The predicted molar refractivity (Wildman–Crippen MR) is 67.2 cm³/mol. The zero-order chi connectivity index (χ0) is 12.3. The molecule has 0 N–H and O–H groups in total. The Morgan fingerprint density at radius 2 is 2.12 bits per heavy atom. The Balaban J connectivity index is 1.93. The number of rotatable bonds is 3. The van der Waals surface area contributed by atoms with Gasteiger partial charge in [-0.2, -0.15) is 0 Å². The summed E-state index contributed by atoms with van der Waals surface area (Å²) in [5, 5.41) is 0.399. The van der Waals surface area contributed by atoms with Crippen molar-refractivity contribution in [3.63, 3.8) is 0 Å². The van der Waals surface area contributed by atoms with Crippen LogP contribution in [0.15, 0.2) is 18.2 Å². The molecule has 1 fully saturated rings. The van der Waals surface area contributed by atoms with Crippen LogP contribution in [0.4, 0.5) is 4.39 Å². The number of likely N-dealkylation sites (tertiary alicyclic amines) is 1. The van der Waals surface area contributed by atoms with E-state index in [9.17, 15) is 4.39 Å². The molecule has 2 rings (SSSR count). The monoisotopic (exact) mass is 257 g/mol. The molecular weight excluding hydrogens is 241 g/mol. The molecule has 94 valence electrons. The zero-order valence-corrected chi connectivity index (χ0v) is 10.7. The van der Waals surface area contributed by atoms with Gasteiger partial charge in [-0.1, -0.05) is 18.5 Å². The molecule has 1 heterocycles. The summed E-state index contributed by atoms with van der Waals surface area (Å²) >= 11 is 5.70. The molecule has 0 unspecified atom stereocenters. The fourth-order valence-corrected chi connectivity index (χ4v) is 2.25. The lowest BCUT2D eigenvalue weighted by molar-refractivity contribution is 0.100. The Morgan fingerprint density at radius 3 is 2.71 bits per heavy atom. The normalized spacial score (nSPS) is 18.3. The first-order valence-corrected chi connectivity index (χ1v) is 6.41. The van der Waals surface area contributed by atoms with Crippen molar-refractivity contribution < 1.29 is 9.13 Å². The molecule has 0 bridgehead atoms. The van der Waals surface area contributed by atoms with E-state index in [4.69, 9.17) is 16.3 Å². The standard InChI is InChI=1S/C13H17ClFNO/c1-2-16-7-5-11(6-8-16)17-13-4-3-10(14)9-12(13)15/h3-4,9,11H,2,5-8H2,1H3. The van der Waals surface area contributed by atoms with Crippen LogP contribution in [0.1, 0.15) is 19.8 Å². The first-order valence-electron chi connectivity index (χ1n) is 6.03. The van der Waals surface area contributed by atoms with Gasteiger partial charge in [0.25, 0.3) is 0 Å². The number of benzene rings is 1. The van der Waals surface area contributed by atoms with E-state index < -0.39 is 0 Å². The van der Waals surface area contributed by atoms with Crippen molar-refractivity contribution >= 4 is 11.6 Å². The first kappa shape index (κ1) is 12.7. The Bertz CT molecular complexity index is 378. The summed E-state index contributed by atoms with van der Waals surface area (Å²) in [5.41, 5.74) is 0. The van der Waals surface area contributed by atoms with Crippen molar-refractivity contribution in [2.75, 3.05) is 19.6 Å². The molecule has 1 saturated heterocycles. The summed E-state index contributed by atoms with van der Waals surface area (Å²) in [6, 6.07) is 4.54.